The molecule has 10 atom stereocenters. The Balaban J connectivity index is 1.51. The molecule has 0 aromatic heterocycles. The van der Waals surface area contributed by atoms with E-state index in [0.717, 1.165) is 32.1 Å². The lowest BCUT2D eigenvalue weighted by Crippen LogP contribution is -2.63. The third-order valence-electron chi connectivity index (χ3n) is 11.3. The summed E-state index contributed by atoms with van der Waals surface area (Å²) in [5.74, 6) is -0.446. The lowest BCUT2D eigenvalue weighted by atomic mass is 9.53. The number of allylic oxidation sites excluding steroid dienone is 2. The van der Waals surface area contributed by atoms with Gasteiger partial charge < -0.3 is 25.0 Å². The second-order valence-electron chi connectivity index (χ2n) is 14.3. The Bertz CT molecular complexity index is 1010. The molecule has 1 heterocycles. The van der Waals surface area contributed by atoms with Gasteiger partial charge in [-0.1, -0.05) is 78.0 Å². The summed E-state index contributed by atoms with van der Waals surface area (Å²) in [6.07, 6.45) is 9.54. The first kappa shape index (κ1) is 32.1. The molecule has 3 fully saturated rings. The van der Waals surface area contributed by atoms with Gasteiger partial charge in [-0.05, 0) is 80.6 Å². The number of esters is 1. The SMILES string of the molecule is C=C1C2CC3C(C(C)C)C(OC(=O)NCCCCCCCC)CC3(C)CC2/C(C)=C\CC2C(C)OC(=O)C(O)C12O. The van der Waals surface area contributed by atoms with Gasteiger partial charge in [0.1, 0.15) is 17.8 Å². The second-order valence-corrected chi connectivity index (χ2v) is 14.3. The van der Waals surface area contributed by atoms with Crippen LogP contribution in [0.1, 0.15) is 106 Å². The highest BCUT2D eigenvalue weighted by Crippen LogP contribution is 2.63. The van der Waals surface area contributed by atoms with Crippen molar-refractivity contribution in [3.05, 3.63) is 23.8 Å². The van der Waals surface area contributed by atoms with E-state index in [1.165, 1.54) is 31.3 Å². The molecule has 3 N–H and O–H groups in total. The van der Waals surface area contributed by atoms with Crippen LogP contribution in [0.4, 0.5) is 4.79 Å². The van der Waals surface area contributed by atoms with Gasteiger partial charge in [-0.2, -0.15) is 0 Å². The van der Waals surface area contributed by atoms with Gasteiger partial charge in [0, 0.05) is 18.4 Å². The van der Waals surface area contributed by atoms with Crippen LogP contribution in [0.5, 0.6) is 0 Å². The number of hydrogen-bond acceptors (Lipinski definition) is 6. The van der Waals surface area contributed by atoms with Gasteiger partial charge in [-0.15, -0.1) is 0 Å². The van der Waals surface area contributed by atoms with Crippen molar-refractivity contribution in [2.24, 2.45) is 40.9 Å². The average Bonchev–Trinajstić information content (AvgIpc) is 3.20. The summed E-state index contributed by atoms with van der Waals surface area (Å²) in [4.78, 5) is 25.5. The molecule has 0 radical (unpaired) electrons. The van der Waals surface area contributed by atoms with E-state index in [4.69, 9.17) is 9.47 Å². The molecule has 4 rings (SSSR count). The Morgan fingerprint density at radius 2 is 1.85 bits per heavy atom. The average molecular weight is 574 g/mol. The van der Waals surface area contributed by atoms with E-state index in [2.05, 4.69) is 52.6 Å². The van der Waals surface area contributed by atoms with E-state index in [9.17, 15) is 19.8 Å². The number of aliphatic hydroxyl groups is 2. The number of alkyl carbamates (subject to hydrolysis) is 1. The first-order valence-electron chi connectivity index (χ1n) is 16.3. The molecule has 3 aliphatic carbocycles. The van der Waals surface area contributed by atoms with Gasteiger partial charge in [0.2, 0.25) is 0 Å². The van der Waals surface area contributed by atoms with E-state index in [1.807, 2.05) is 0 Å². The Labute approximate surface area is 247 Å². The monoisotopic (exact) mass is 573 g/mol. The minimum absolute atomic E-state index is 0.0334. The lowest BCUT2D eigenvalue weighted by Gasteiger charge is -2.54. The Kier molecular flexibility index (Phi) is 10.0. The number of ether oxygens (including phenoxy) is 2. The van der Waals surface area contributed by atoms with Crippen LogP contribution in [0.3, 0.4) is 0 Å². The molecule has 0 aromatic rings. The topological polar surface area (TPSA) is 105 Å². The minimum Gasteiger partial charge on any atom is -0.460 e. The predicted octanol–water partition coefficient (Wildman–Crippen LogP) is 6.33. The van der Waals surface area contributed by atoms with Gasteiger partial charge in [-0.25, -0.2) is 9.59 Å². The molecule has 1 aliphatic heterocycles. The molecule has 4 aliphatic rings. The molecule has 7 heteroatoms. The number of hydrogen-bond donors (Lipinski definition) is 3. The number of amides is 1. The summed E-state index contributed by atoms with van der Waals surface area (Å²) in [7, 11) is 0. The largest absolute Gasteiger partial charge is 0.460 e. The lowest BCUT2D eigenvalue weighted by molar-refractivity contribution is -0.209. The Morgan fingerprint density at radius 1 is 1.17 bits per heavy atom. The maximum absolute atomic E-state index is 12.9. The number of rotatable bonds is 9. The van der Waals surface area contributed by atoms with Crippen molar-refractivity contribution in [1.29, 1.82) is 0 Å². The number of fused-ring (bicyclic) bond motifs is 3. The van der Waals surface area contributed by atoms with Crippen LogP contribution in [-0.4, -0.2) is 52.7 Å². The molecule has 41 heavy (non-hydrogen) atoms. The number of cyclic esters (lactones) is 1. The summed E-state index contributed by atoms with van der Waals surface area (Å²) in [5, 5.41) is 26.0. The van der Waals surface area contributed by atoms with Crippen molar-refractivity contribution in [3.63, 3.8) is 0 Å². The quantitative estimate of drug-likeness (QED) is 0.169. The van der Waals surface area contributed by atoms with E-state index in [1.54, 1.807) is 6.92 Å². The van der Waals surface area contributed by atoms with Gasteiger partial charge in [0.05, 0.1) is 0 Å². The molecule has 1 saturated heterocycles. The van der Waals surface area contributed by atoms with Crippen LogP contribution in [0.15, 0.2) is 23.8 Å². The fourth-order valence-corrected chi connectivity index (χ4v) is 9.00. The van der Waals surface area contributed by atoms with E-state index < -0.39 is 29.7 Å². The van der Waals surface area contributed by atoms with Crippen molar-refractivity contribution >= 4 is 12.1 Å². The molecule has 0 bridgehead atoms. The van der Waals surface area contributed by atoms with Crippen LogP contribution in [0, 0.1) is 40.9 Å². The summed E-state index contributed by atoms with van der Waals surface area (Å²) < 4.78 is 11.6. The zero-order valence-electron chi connectivity index (χ0n) is 26.3. The third kappa shape index (κ3) is 6.13. The van der Waals surface area contributed by atoms with Gasteiger partial charge in [0.15, 0.2) is 6.10 Å². The van der Waals surface area contributed by atoms with Gasteiger partial charge in [0.25, 0.3) is 0 Å². The number of nitrogens with one attached hydrogen (secondary N) is 1. The zero-order valence-corrected chi connectivity index (χ0v) is 26.3. The van der Waals surface area contributed by atoms with E-state index in [0.29, 0.717) is 24.5 Å². The first-order chi connectivity index (χ1) is 19.3. The molecular formula is C34H55NO6. The van der Waals surface area contributed by atoms with Crippen LogP contribution in [-0.2, 0) is 14.3 Å². The molecule has 2 saturated carbocycles. The number of carbonyl (C=O) groups is 2. The third-order valence-corrected chi connectivity index (χ3v) is 11.3. The highest BCUT2D eigenvalue weighted by atomic mass is 16.6. The summed E-state index contributed by atoms with van der Waals surface area (Å²) in [5.41, 5.74) is 0.0509. The van der Waals surface area contributed by atoms with Crippen LogP contribution >= 0.6 is 0 Å². The predicted molar refractivity (Wildman–Crippen MR) is 160 cm³/mol. The van der Waals surface area contributed by atoms with Gasteiger partial charge >= 0.3 is 12.1 Å². The molecule has 10 unspecified atom stereocenters. The van der Waals surface area contributed by atoms with Crippen molar-refractivity contribution in [2.45, 2.75) is 130 Å². The van der Waals surface area contributed by atoms with Crippen molar-refractivity contribution < 1.29 is 29.3 Å². The maximum atomic E-state index is 12.9. The fraction of sp³-hybridized carbons (Fsp3) is 0.824. The minimum atomic E-state index is -1.74. The maximum Gasteiger partial charge on any atom is 0.407 e. The summed E-state index contributed by atoms with van der Waals surface area (Å²) >= 11 is 0. The van der Waals surface area contributed by atoms with Gasteiger partial charge in [-0.3, -0.25) is 0 Å². The smallest absolute Gasteiger partial charge is 0.407 e. The molecular weight excluding hydrogens is 518 g/mol. The Morgan fingerprint density at radius 3 is 2.54 bits per heavy atom. The van der Waals surface area contributed by atoms with Crippen LogP contribution in [0.25, 0.3) is 0 Å². The normalized spacial score (nSPS) is 41.7. The summed E-state index contributed by atoms with van der Waals surface area (Å²) in [6, 6.07) is 0. The highest BCUT2D eigenvalue weighted by molar-refractivity contribution is 5.78. The number of carbonyl (C=O) groups excluding carboxylic acids is 2. The number of unbranched alkanes of at least 4 members (excludes halogenated alkanes) is 5. The Hall–Kier alpha value is -1.86. The number of aliphatic hydroxyl groups excluding tert-OH is 1. The molecule has 0 aromatic carbocycles. The van der Waals surface area contributed by atoms with Crippen molar-refractivity contribution in [2.75, 3.05) is 6.54 Å². The van der Waals surface area contributed by atoms with Crippen LogP contribution in [0.2, 0.25) is 0 Å². The fourth-order valence-electron chi connectivity index (χ4n) is 9.00. The van der Waals surface area contributed by atoms with Crippen molar-refractivity contribution in [1.82, 2.24) is 5.32 Å². The second kappa shape index (κ2) is 12.8. The summed E-state index contributed by atoms with van der Waals surface area (Å²) in [6.45, 7) is 18.0. The molecule has 232 valence electrons. The molecule has 0 spiro atoms. The molecule has 1 amide bonds. The molecule has 7 nitrogen and oxygen atoms in total. The first-order valence-corrected chi connectivity index (χ1v) is 16.3. The van der Waals surface area contributed by atoms with Crippen molar-refractivity contribution in [3.8, 4) is 0 Å². The zero-order chi connectivity index (χ0) is 30.1. The standard InChI is InChI=1S/C34H55NO6/c1-8-9-10-11-12-13-16-35-32(38)41-28-19-33(7)18-25-21(4)14-15-26-23(6)40-31(37)30(36)34(26,39)22(5)24(25)17-27(33)29(28)20(2)3/h14,20,23-30,36,39H,5,8-13,15-19H2,1-4,6-7H3,(H,35,38)/b21-14-. The van der Waals surface area contributed by atoms with Crippen LogP contribution < -0.4 is 5.32 Å². The van der Waals surface area contributed by atoms with E-state index >= 15 is 0 Å². The van der Waals surface area contributed by atoms with E-state index in [-0.39, 0.29) is 41.3 Å². The highest BCUT2D eigenvalue weighted by Gasteiger charge is 2.62.